The first-order chi connectivity index (χ1) is 25.3. The van der Waals surface area contributed by atoms with E-state index in [9.17, 15) is 0 Å². The summed E-state index contributed by atoms with van der Waals surface area (Å²) in [5.41, 5.74) is 16.0. The van der Waals surface area contributed by atoms with E-state index in [1.165, 1.54) is 44.5 Å². The van der Waals surface area contributed by atoms with Crippen LogP contribution in [0.4, 0.5) is 0 Å². The van der Waals surface area contributed by atoms with Crippen molar-refractivity contribution in [3.05, 3.63) is 198 Å². The largest absolute Gasteiger partial charge is 0.253 e. The Kier molecular flexibility index (Phi) is 5.88. The summed E-state index contributed by atoms with van der Waals surface area (Å²) in [4.78, 5) is 15.3. The van der Waals surface area contributed by atoms with E-state index in [1.807, 2.05) is 12.3 Å². The Morgan fingerprint density at radius 3 is 1.73 bits per heavy atom. The molecule has 0 unspecified atom stereocenters. The molecule has 1 spiro atoms. The van der Waals surface area contributed by atoms with Gasteiger partial charge in [0.25, 0.3) is 0 Å². The molecule has 0 aliphatic heterocycles. The monoisotopic (exact) mass is 647 g/mol. The lowest BCUT2D eigenvalue weighted by atomic mass is 9.70. The molecule has 7 aromatic carbocycles. The molecule has 236 valence electrons. The summed E-state index contributed by atoms with van der Waals surface area (Å²) < 4.78 is 0. The lowest BCUT2D eigenvalue weighted by molar-refractivity contribution is 0.794. The average molecular weight is 648 g/mol. The molecule has 0 saturated heterocycles. The Hall–Kier alpha value is -6.71. The first kappa shape index (κ1) is 28.2. The van der Waals surface area contributed by atoms with Gasteiger partial charge in [-0.2, -0.15) is 0 Å². The van der Waals surface area contributed by atoms with Gasteiger partial charge in [-0.3, -0.25) is 4.98 Å². The molecule has 2 heterocycles. The molecule has 0 fully saturated rings. The van der Waals surface area contributed by atoms with Gasteiger partial charge in [0.05, 0.1) is 16.6 Å². The normalized spacial score (nSPS) is 13.3. The second-order valence-corrected chi connectivity index (χ2v) is 13.5. The van der Waals surface area contributed by atoms with Crippen LogP contribution in [-0.2, 0) is 5.41 Å². The van der Waals surface area contributed by atoms with E-state index >= 15 is 0 Å². The van der Waals surface area contributed by atoms with Crippen LogP contribution >= 0.6 is 0 Å². The second kappa shape index (κ2) is 10.6. The summed E-state index contributed by atoms with van der Waals surface area (Å²) in [5.74, 6) is 0.614. The van der Waals surface area contributed by atoms with Gasteiger partial charge in [-0.05, 0) is 85.3 Å². The molecule has 0 saturated carbocycles. The molecule has 0 radical (unpaired) electrons. The summed E-state index contributed by atoms with van der Waals surface area (Å²) in [7, 11) is 0. The molecule has 0 atom stereocenters. The van der Waals surface area contributed by atoms with Crippen LogP contribution in [0, 0.1) is 0 Å². The first-order valence-electron chi connectivity index (χ1n) is 17.4. The lowest BCUT2D eigenvalue weighted by Gasteiger charge is -2.30. The maximum absolute atomic E-state index is 5.21. The topological polar surface area (TPSA) is 38.7 Å². The summed E-state index contributed by atoms with van der Waals surface area (Å²) in [6.45, 7) is 0. The van der Waals surface area contributed by atoms with Gasteiger partial charge in [-0.25, -0.2) is 9.97 Å². The molecular formula is C48H29N3. The smallest absolute Gasteiger partial charge is 0.179 e. The van der Waals surface area contributed by atoms with Crippen molar-refractivity contribution in [2.75, 3.05) is 0 Å². The van der Waals surface area contributed by atoms with Crippen LogP contribution in [0.25, 0.3) is 77.8 Å². The molecule has 2 aromatic heterocycles. The number of benzene rings is 7. The average Bonchev–Trinajstić information content (AvgIpc) is 3.68. The molecule has 11 rings (SSSR count). The van der Waals surface area contributed by atoms with Gasteiger partial charge in [0.15, 0.2) is 5.82 Å². The van der Waals surface area contributed by atoms with E-state index in [1.54, 1.807) is 0 Å². The zero-order chi connectivity index (χ0) is 33.5. The van der Waals surface area contributed by atoms with Gasteiger partial charge in [0.1, 0.15) is 5.69 Å². The number of hydrogen-bond acceptors (Lipinski definition) is 3. The molecule has 2 aliphatic rings. The number of rotatable bonds is 3. The zero-order valence-electron chi connectivity index (χ0n) is 27.6. The molecule has 0 N–H and O–H groups in total. The van der Waals surface area contributed by atoms with Crippen molar-refractivity contribution < 1.29 is 0 Å². The Bertz CT molecular complexity index is 2810. The minimum Gasteiger partial charge on any atom is -0.253 e. The first-order valence-corrected chi connectivity index (χ1v) is 17.4. The molecule has 3 nitrogen and oxygen atoms in total. The van der Waals surface area contributed by atoms with Crippen LogP contribution < -0.4 is 0 Å². The van der Waals surface area contributed by atoms with Crippen molar-refractivity contribution in [2.24, 2.45) is 0 Å². The van der Waals surface area contributed by atoms with Crippen LogP contribution in [0.2, 0.25) is 0 Å². The van der Waals surface area contributed by atoms with Crippen LogP contribution in [0.15, 0.2) is 176 Å². The van der Waals surface area contributed by atoms with Crippen molar-refractivity contribution in [3.63, 3.8) is 0 Å². The van der Waals surface area contributed by atoms with E-state index in [0.29, 0.717) is 5.82 Å². The second-order valence-electron chi connectivity index (χ2n) is 13.5. The predicted octanol–water partition coefficient (Wildman–Crippen LogP) is 11.5. The Labute approximate surface area is 295 Å². The van der Waals surface area contributed by atoms with Crippen molar-refractivity contribution in [2.45, 2.75) is 5.41 Å². The number of fused-ring (bicyclic) bond motifs is 13. The van der Waals surface area contributed by atoms with Crippen molar-refractivity contribution in [1.29, 1.82) is 0 Å². The van der Waals surface area contributed by atoms with Gasteiger partial charge in [0.2, 0.25) is 0 Å². The van der Waals surface area contributed by atoms with Crippen LogP contribution in [0.1, 0.15) is 22.3 Å². The van der Waals surface area contributed by atoms with Crippen molar-refractivity contribution >= 4 is 21.7 Å². The SMILES string of the molecule is c1ccc(-c2nc(-c3cc(-c4ccc5c(c4)C4(c6ccccc6-c6ccccc64)c4ccccc4-5)ccn3)nc3c2ccc2ccccc23)cc1. The fraction of sp³-hybridized carbons (Fsp3) is 0.0208. The highest BCUT2D eigenvalue weighted by atomic mass is 14.9. The van der Waals surface area contributed by atoms with E-state index < -0.39 is 5.41 Å². The van der Waals surface area contributed by atoms with Crippen LogP contribution in [0.3, 0.4) is 0 Å². The van der Waals surface area contributed by atoms with Gasteiger partial charge in [-0.1, -0.05) is 146 Å². The zero-order valence-corrected chi connectivity index (χ0v) is 27.6. The summed E-state index contributed by atoms with van der Waals surface area (Å²) >= 11 is 0. The predicted molar refractivity (Wildman–Crippen MR) is 207 cm³/mol. The van der Waals surface area contributed by atoms with Crippen molar-refractivity contribution in [3.8, 4) is 56.2 Å². The summed E-state index contributed by atoms with van der Waals surface area (Å²) in [6.07, 6.45) is 1.89. The Balaban J connectivity index is 1.12. The number of nitrogens with zero attached hydrogens (tertiary/aromatic N) is 3. The van der Waals surface area contributed by atoms with E-state index in [2.05, 4.69) is 164 Å². The third-order valence-electron chi connectivity index (χ3n) is 11.0. The molecular weight excluding hydrogens is 619 g/mol. The summed E-state index contributed by atoms with van der Waals surface area (Å²) in [6, 6.07) is 61.2. The third-order valence-corrected chi connectivity index (χ3v) is 11.0. The summed E-state index contributed by atoms with van der Waals surface area (Å²) in [5, 5.41) is 3.28. The maximum Gasteiger partial charge on any atom is 0.179 e. The van der Waals surface area contributed by atoms with Gasteiger partial charge in [0, 0.05) is 22.5 Å². The maximum atomic E-state index is 5.21. The molecule has 51 heavy (non-hydrogen) atoms. The third kappa shape index (κ3) is 3.92. The minimum atomic E-state index is -0.391. The van der Waals surface area contributed by atoms with E-state index in [4.69, 9.17) is 15.0 Å². The number of aromatic nitrogens is 3. The van der Waals surface area contributed by atoms with Crippen LogP contribution in [0.5, 0.6) is 0 Å². The Morgan fingerprint density at radius 1 is 0.392 bits per heavy atom. The van der Waals surface area contributed by atoms with Gasteiger partial charge >= 0.3 is 0 Å². The highest BCUT2D eigenvalue weighted by Gasteiger charge is 2.51. The molecule has 3 heteroatoms. The van der Waals surface area contributed by atoms with Gasteiger partial charge in [-0.15, -0.1) is 0 Å². The Morgan fingerprint density at radius 2 is 1.00 bits per heavy atom. The lowest BCUT2D eigenvalue weighted by Crippen LogP contribution is -2.25. The number of pyridine rings is 1. The van der Waals surface area contributed by atoms with E-state index in [0.717, 1.165) is 49.8 Å². The molecule has 0 bridgehead atoms. The number of hydrogen-bond donors (Lipinski definition) is 0. The van der Waals surface area contributed by atoms with Gasteiger partial charge < -0.3 is 0 Å². The minimum absolute atomic E-state index is 0.391. The molecule has 2 aliphatic carbocycles. The standard InChI is InChI=1S/C48H29N3/c1-2-13-31(14-3-1)45-39-25-22-30-12-4-5-15-34(30)46(39)51-47(50-45)44-29-33(26-27-49-44)32-23-24-38-37-18-8-11-21-42(37)48(43(38)28-32)40-19-9-6-16-35(40)36-17-7-10-20-41(36)48/h1-29H. The fourth-order valence-electron chi connectivity index (χ4n) is 8.80. The van der Waals surface area contributed by atoms with Crippen LogP contribution in [-0.4, -0.2) is 15.0 Å². The molecule has 9 aromatic rings. The van der Waals surface area contributed by atoms with E-state index in [-0.39, 0.29) is 0 Å². The highest BCUT2D eigenvalue weighted by Crippen LogP contribution is 2.63. The molecule has 0 amide bonds. The fourth-order valence-corrected chi connectivity index (χ4v) is 8.80. The quantitative estimate of drug-likeness (QED) is 0.179. The highest BCUT2D eigenvalue weighted by molar-refractivity contribution is 6.09. The van der Waals surface area contributed by atoms with Crippen molar-refractivity contribution in [1.82, 2.24) is 15.0 Å².